The maximum Gasteiger partial charge on any atom is 0.246 e. The number of hydrogen-bond donors (Lipinski definition) is 1. The Labute approximate surface area is 170 Å². The van der Waals surface area contributed by atoms with Crippen molar-refractivity contribution in [3.8, 4) is 17.2 Å². The number of methoxy groups -OCH3 is 3. The number of aryl methyl sites for hydroxylation is 1. The van der Waals surface area contributed by atoms with Gasteiger partial charge in [-0.2, -0.15) is 0 Å². The van der Waals surface area contributed by atoms with Crippen LogP contribution in [0, 0.1) is 6.92 Å². The Bertz CT molecular complexity index is 886. The lowest BCUT2D eigenvalue weighted by molar-refractivity contribution is -0.129. The number of aromatic nitrogens is 1. The summed E-state index contributed by atoms with van der Waals surface area (Å²) < 4.78 is 15.9. The van der Waals surface area contributed by atoms with Gasteiger partial charge in [-0.15, -0.1) is 0 Å². The molecular formula is C21H25N3O5. The number of carbonyl (C=O) groups excluding carboxylic acids is 2. The number of benzene rings is 1. The maximum atomic E-state index is 12.3. The Kier molecular flexibility index (Phi) is 7.59. The first-order valence-electron chi connectivity index (χ1n) is 8.83. The molecule has 0 aliphatic rings. The largest absolute Gasteiger partial charge is 0.493 e. The fourth-order valence-corrected chi connectivity index (χ4v) is 2.57. The molecule has 0 fully saturated rings. The minimum Gasteiger partial charge on any atom is -0.493 e. The third-order valence-electron chi connectivity index (χ3n) is 4.05. The lowest BCUT2D eigenvalue weighted by atomic mass is 10.1. The molecule has 1 aromatic carbocycles. The summed E-state index contributed by atoms with van der Waals surface area (Å²) in [7, 11) is 6.10. The van der Waals surface area contributed by atoms with Crippen LogP contribution in [-0.4, -0.2) is 56.6 Å². The van der Waals surface area contributed by atoms with Crippen LogP contribution in [0.15, 0.2) is 36.5 Å². The molecule has 0 saturated carbocycles. The van der Waals surface area contributed by atoms with Gasteiger partial charge in [-0.05, 0) is 48.4 Å². The van der Waals surface area contributed by atoms with Gasteiger partial charge < -0.3 is 24.4 Å². The molecule has 0 saturated heterocycles. The first-order chi connectivity index (χ1) is 13.9. The summed E-state index contributed by atoms with van der Waals surface area (Å²) in [6.45, 7) is 1.80. The minimum atomic E-state index is -0.333. The van der Waals surface area contributed by atoms with E-state index in [1.54, 1.807) is 37.5 Å². The van der Waals surface area contributed by atoms with Gasteiger partial charge in [-0.3, -0.25) is 9.59 Å². The molecule has 154 valence electrons. The molecule has 0 aliphatic carbocycles. The zero-order valence-electron chi connectivity index (χ0n) is 17.2. The number of carbonyl (C=O) groups is 2. The standard InChI is InChI=1S/C21H25N3O5/c1-14-8-9-22-18(10-14)23-19(25)13-24(2)20(26)7-6-15-11-16(27-3)21(29-5)17(12-15)28-4/h6-12H,13H2,1-5H3,(H,22,23,25)/b7-6+. The van der Waals surface area contributed by atoms with Gasteiger partial charge >= 0.3 is 0 Å². The van der Waals surface area contributed by atoms with Crippen molar-refractivity contribution in [1.29, 1.82) is 0 Å². The Morgan fingerprint density at radius 2 is 1.76 bits per heavy atom. The van der Waals surface area contributed by atoms with Crippen molar-refractivity contribution in [3.05, 3.63) is 47.7 Å². The van der Waals surface area contributed by atoms with Gasteiger partial charge in [0, 0.05) is 19.3 Å². The van der Waals surface area contributed by atoms with E-state index in [0.29, 0.717) is 28.6 Å². The summed E-state index contributed by atoms with van der Waals surface area (Å²) in [5.41, 5.74) is 1.67. The van der Waals surface area contributed by atoms with Gasteiger partial charge in [0.1, 0.15) is 5.82 Å². The molecule has 8 nitrogen and oxygen atoms in total. The molecule has 1 heterocycles. The van der Waals surface area contributed by atoms with E-state index in [0.717, 1.165) is 5.56 Å². The van der Waals surface area contributed by atoms with Crippen LogP contribution in [0.5, 0.6) is 17.2 Å². The normalized spacial score (nSPS) is 10.5. The Morgan fingerprint density at radius 3 is 2.31 bits per heavy atom. The van der Waals surface area contributed by atoms with Gasteiger partial charge in [0.15, 0.2) is 11.5 Å². The van der Waals surface area contributed by atoms with Crippen LogP contribution in [0.2, 0.25) is 0 Å². The quantitative estimate of drug-likeness (QED) is 0.686. The first kappa shape index (κ1) is 21.7. The fourth-order valence-electron chi connectivity index (χ4n) is 2.57. The van der Waals surface area contributed by atoms with E-state index in [4.69, 9.17) is 14.2 Å². The van der Waals surface area contributed by atoms with Crippen molar-refractivity contribution in [2.75, 3.05) is 40.2 Å². The molecule has 1 aromatic heterocycles. The van der Waals surface area contributed by atoms with Crippen LogP contribution >= 0.6 is 0 Å². The molecule has 0 spiro atoms. The maximum absolute atomic E-state index is 12.3. The van der Waals surface area contributed by atoms with Gasteiger partial charge in [0.2, 0.25) is 17.6 Å². The van der Waals surface area contributed by atoms with E-state index in [9.17, 15) is 9.59 Å². The Balaban J connectivity index is 2.03. The average Bonchev–Trinajstić information content (AvgIpc) is 2.70. The number of likely N-dealkylation sites (N-methyl/N-ethyl adjacent to an activating group) is 1. The van der Waals surface area contributed by atoms with Crippen LogP contribution in [0.1, 0.15) is 11.1 Å². The third kappa shape index (κ3) is 5.97. The molecule has 0 radical (unpaired) electrons. The Morgan fingerprint density at radius 1 is 1.10 bits per heavy atom. The average molecular weight is 399 g/mol. The number of ether oxygens (including phenoxy) is 3. The van der Waals surface area contributed by atoms with E-state index in [1.807, 2.05) is 13.0 Å². The molecule has 2 amide bonds. The predicted octanol–water partition coefficient (Wildman–Crippen LogP) is 2.53. The van der Waals surface area contributed by atoms with Crippen LogP contribution in [-0.2, 0) is 9.59 Å². The van der Waals surface area contributed by atoms with Gasteiger partial charge in [0.25, 0.3) is 0 Å². The molecule has 0 atom stereocenters. The number of rotatable bonds is 8. The van der Waals surface area contributed by atoms with Gasteiger partial charge in [-0.25, -0.2) is 4.98 Å². The summed E-state index contributed by atoms with van der Waals surface area (Å²) in [5.74, 6) is 1.22. The molecule has 8 heteroatoms. The number of nitrogens with one attached hydrogen (secondary N) is 1. The molecule has 0 bridgehead atoms. The second kappa shape index (κ2) is 10.1. The molecule has 0 unspecified atom stereocenters. The highest BCUT2D eigenvalue weighted by atomic mass is 16.5. The summed E-state index contributed by atoms with van der Waals surface area (Å²) in [6.07, 6.45) is 4.60. The molecule has 2 aromatic rings. The third-order valence-corrected chi connectivity index (χ3v) is 4.05. The minimum absolute atomic E-state index is 0.103. The second-order valence-electron chi connectivity index (χ2n) is 6.25. The lowest BCUT2D eigenvalue weighted by Crippen LogP contribution is -2.34. The van der Waals surface area contributed by atoms with E-state index in [-0.39, 0.29) is 18.4 Å². The van der Waals surface area contributed by atoms with Crippen molar-refractivity contribution in [2.24, 2.45) is 0 Å². The predicted molar refractivity (Wildman–Crippen MR) is 110 cm³/mol. The van der Waals surface area contributed by atoms with Crippen molar-refractivity contribution in [2.45, 2.75) is 6.92 Å². The number of hydrogen-bond acceptors (Lipinski definition) is 6. The van der Waals surface area contributed by atoms with E-state index in [2.05, 4.69) is 10.3 Å². The molecule has 0 aliphatic heterocycles. The van der Waals surface area contributed by atoms with Crippen molar-refractivity contribution < 1.29 is 23.8 Å². The zero-order chi connectivity index (χ0) is 21.4. The number of amides is 2. The van der Waals surface area contributed by atoms with Crippen LogP contribution < -0.4 is 19.5 Å². The van der Waals surface area contributed by atoms with E-state index < -0.39 is 0 Å². The van der Waals surface area contributed by atoms with Crippen LogP contribution in [0.3, 0.4) is 0 Å². The monoisotopic (exact) mass is 399 g/mol. The SMILES string of the molecule is COc1cc(/C=C/C(=O)N(C)CC(=O)Nc2cc(C)ccn2)cc(OC)c1OC. The number of anilines is 1. The van der Waals surface area contributed by atoms with E-state index in [1.165, 1.54) is 32.3 Å². The first-order valence-corrected chi connectivity index (χ1v) is 8.83. The highest BCUT2D eigenvalue weighted by molar-refractivity contribution is 5.97. The van der Waals surface area contributed by atoms with E-state index >= 15 is 0 Å². The lowest BCUT2D eigenvalue weighted by Gasteiger charge is -2.15. The molecular weight excluding hydrogens is 374 g/mol. The number of pyridine rings is 1. The van der Waals surface area contributed by atoms with Crippen molar-refractivity contribution in [1.82, 2.24) is 9.88 Å². The summed E-state index contributed by atoms with van der Waals surface area (Å²) >= 11 is 0. The summed E-state index contributed by atoms with van der Waals surface area (Å²) in [6, 6.07) is 7.03. The summed E-state index contributed by atoms with van der Waals surface area (Å²) in [5, 5.41) is 2.67. The highest BCUT2D eigenvalue weighted by Gasteiger charge is 2.14. The van der Waals surface area contributed by atoms with Crippen molar-refractivity contribution in [3.63, 3.8) is 0 Å². The molecule has 1 N–H and O–H groups in total. The van der Waals surface area contributed by atoms with Crippen molar-refractivity contribution >= 4 is 23.7 Å². The fraction of sp³-hybridized carbons (Fsp3) is 0.286. The highest BCUT2D eigenvalue weighted by Crippen LogP contribution is 2.38. The van der Waals surface area contributed by atoms with Crippen LogP contribution in [0.25, 0.3) is 6.08 Å². The zero-order valence-corrected chi connectivity index (χ0v) is 17.2. The second-order valence-corrected chi connectivity index (χ2v) is 6.25. The summed E-state index contributed by atoms with van der Waals surface area (Å²) in [4.78, 5) is 29.9. The van der Waals surface area contributed by atoms with Gasteiger partial charge in [0.05, 0.1) is 27.9 Å². The smallest absolute Gasteiger partial charge is 0.246 e. The molecule has 29 heavy (non-hydrogen) atoms. The van der Waals surface area contributed by atoms with Gasteiger partial charge in [-0.1, -0.05) is 0 Å². The Hall–Kier alpha value is -3.55. The van der Waals surface area contributed by atoms with Crippen LogP contribution in [0.4, 0.5) is 5.82 Å². The molecule has 2 rings (SSSR count). The number of nitrogens with zero attached hydrogens (tertiary/aromatic N) is 2. The topological polar surface area (TPSA) is 90.0 Å².